The largest absolute Gasteiger partial charge is 0.508 e. The van der Waals surface area contributed by atoms with Crippen LogP contribution in [0.15, 0.2) is 0 Å². The molecule has 0 N–H and O–H groups in total. The predicted octanol–water partition coefficient (Wildman–Crippen LogP) is 3.01. The molecule has 0 heterocycles. The number of carbonyl (C=O) groups is 1. The third-order valence-corrected chi connectivity index (χ3v) is 1.88. The second-order valence-corrected chi connectivity index (χ2v) is 4.25. The molecular formula is C9H17IO3. The highest BCUT2D eigenvalue weighted by molar-refractivity contribution is 14.1. The van der Waals surface area contributed by atoms with Gasteiger partial charge in [-0.3, -0.25) is 0 Å². The van der Waals surface area contributed by atoms with E-state index in [0.29, 0.717) is 19.1 Å². The Morgan fingerprint density at radius 3 is 2.46 bits per heavy atom. The van der Waals surface area contributed by atoms with Gasteiger partial charge in [-0.15, -0.1) is 0 Å². The van der Waals surface area contributed by atoms with E-state index >= 15 is 0 Å². The first kappa shape index (κ1) is 13.0. The van der Waals surface area contributed by atoms with E-state index in [9.17, 15) is 4.79 Å². The Balaban J connectivity index is 3.17. The summed E-state index contributed by atoms with van der Waals surface area (Å²) in [5.74, 6) is 0.661. The Labute approximate surface area is 93.3 Å². The average Bonchev–Trinajstić information content (AvgIpc) is 2.08. The zero-order valence-electron chi connectivity index (χ0n) is 8.22. The van der Waals surface area contributed by atoms with Crippen LogP contribution in [-0.2, 0) is 9.47 Å². The number of hydrogen-bond donors (Lipinski definition) is 0. The number of carbonyl (C=O) groups excluding carboxylic acids is 1. The standard InChI is InChI=1S/C9H17IO3/c1-8(2)4-3-6-12-9(11)13-7-5-10/h8H,3-7H2,1-2H3. The van der Waals surface area contributed by atoms with Gasteiger partial charge in [-0.2, -0.15) is 0 Å². The molecule has 0 spiro atoms. The lowest BCUT2D eigenvalue weighted by Gasteiger charge is -2.06. The molecule has 0 saturated carbocycles. The first-order valence-electron chi connectivity index (χ1n) is 4.52. The van der Waals surface area contributed by atoms with Crippen LogP contribution >= 0.6 is 22.6 Å². The van der Waals surface area contributed by atoms with Crippen LogP contribution in [0.3, 0.4) is 0 Å². The van der Waals surface area contributed by atoms with Gasteiger partial charge < -0.3 is 9.47 Å². The summed E-state index contributed by atoms with van der Waals surface area (Å²) >= 11 is 2.14. The summed E-state index contributed by atoms with van der Waals surface area (Å²) in [4.78, 5) is 10.8. The quantitative estimate of drug-likeness (QED) is 0.327. The van der Waals surface area contributed by atoms with Gasteiger partial charge in [0.15, 0.2) is 0 Å². The molecule has 13 heavy (non-hydrogen) atoms. The molecule has 0 aromatic carbocycles. The first-order valence-corrected chi connectivity index (χ1v) is 6.05. The van der Waals surface area contributed by atoms with Crippen LogP contribution in [0.1, 0.15) is 26.7 Å². The molecule has 0 rings (SSSR count). The third kappa shape index (κ3) is 9.92. The van der Waals surface area contributed by atoms with E-state index in [0.717, 1.165) is 17.3 Å². The van der Waals surface area contributed by atoms with Gasteiger partial charge in [0.2, 0.25) is 0 Å². The van der Waals surface area contributed by atoms with Crippen LogP contribution in [0.5, 0.6) is 0 Å². The van der Waals surface area contributed by atoms with Crippen molar-refractivity contribution in [1.29, 1.82) is 0 Å². The van der Waals surface area contributed by atoms with E-state index in [1.54, 1.807) is 0 Å². The highest BCUT2D eigenvalue weighted by atomic mass is 127. The molecule has 0 saturated heterocycles. The number of hydrogen-bond acceptors (Lipinski definition) is 3. The van der Waals surface area contributed by atoms with Gasteiger partial charge in [-0.25, -0.2) is 4.79 Å². The highest BCUT2D eigenvalue weighted by Crippen LogP contribution is 2.03. The van der Waals surface area contributed by atoms with E-state index < -0.39 is 6.16 Å². The minimum atomic E-state index is -0.541. The molecule has 0 radical (unpaired) electrons. The summed E-state index contributed by atoms with van der Waals surface area (Å²) in [5.41, 5.74) is 0. The van der Waals surface area contributed by atoms with Gasteiger partial charge >= 0.3 is 6.16 Å². The van der Waals surface area contributed by atoms with Crippen molar-refractivity contribution in [1.82, 2.24) is 0 Å². The summed E-state index contributed by atoms with van der Waals surface area (Å²) in [7, 11) is 0. The summed E-state index contributed by atoms with van der Waals surface area (Å²) in [6.07, 6.45) is 1.46. The molecule has 0 bridgehead atoms. The van der Waals surface area contributed by atoms with Crippen molar-refractivity contribution in [3.63, 3.8) is 0 Å². The molecule has 4 heteroatoms. The fourth-order valence-electron chi connectivity index (χ4n) is 0.811. The summed E-state index contributed by atoms with van der Waals surface area (Å²) < 4.78 is 10.4. The highest BCUT2D eigenvalue weighted by Gasteiger charge is 2.02. The molecule has 0 aromatic heterocycles. The Morgan fingerprint density at radius 2 is 1.92 bits per heavy atom. The summed E-state index contributed by atoms with van der Waals surface area (Å²) in [6, 6.07) is 0. The van der Waals surface area contributed by atoms with Crippen molar-refractivity contribution in [2.45, 2.75) is 26.7 Å². The van der Waals surface area contributed by atoms with E-state index in [1.807, 2.05) is 0 Å². The fourth-order valence-corrected chi connectivity index (χ4v) is 1.03. The Kier molecular flexibility index (Phi) is 8.59. The predicted molar refractivity (Wildman–Crippen MR) is 60.3 cm³/mol. The van der Waals surface area contributed by atoms with Crippen molar-refractivity contribution < 1.29 is 14.3 Å². The lowest BCUT2D eigenvalue weighted by Crippen LogP contribution is -2.10. The molecule has 0 aliphatic rings. The lowest BCUT2D eigenvalue weighted by molar-refractivity contribution is 0.0584. The number of halogens is 1. The second kappa shape index (κ2) is 8.59. The normalized spacial score (nSPS) is 10.2. The second-order valence-electron chi connectivity index (χ2n) is 3.17. The maximum atomic E-state index is 10.8. The third-order valence-electron chi connectivity index (χ3n) is 1.44. The van der Waals surface area contributed by atoms with Crippen LogP contribution < -0.4 is 0 Å². The SMILES string of the molecule is CC(C)CCCOC(=O)OCCI. The average molecular weight is 300 g/mol. The van der Waals surface area contributed by atoms with Gasteiger partial charge in [0.25, 0.3) is 0 Å². The zero-order chi connectivity index (χ0) is 10.1. The molecule has 3 nitrogen and oxygen atoms in total. The van der Waals surface area contributed by atoms with E-state index in [-0.39, 0.29) is 0 Å². The topological polar surface area (TPSA) is 35.5 Å². The van der Waals surface area contributed by atoms with E-state index in [1.165, 1.54) is 0 Å². The smallest absolute Gasteiger partial charge is 0.434 e. The lowest BCUT2D eigenvalue weighted by atomic mass is 10.1. The van der Waals surface area contributed by atoms with Crippen LogP contribution in [0.4, 0.5) is 4.79 Å². The minimum Gasteiger partial charge on any atom is -0.434 e. The maximum absolute atomic E-state index is 10.8. The molecule has 0 fully saturated rings. The molecular weight excluding hydrogens is 283 g/mol. The Bertz CT molecular complexity index is 137. The fraction of sp³-hybridized carbons (Fsp3) is 0.889. The monoisotopic (exact) mass is 300 g/mol. The van der Waals surface area contributed by atoms with Crippen molar-refractivity contribution >= 4 is 28.7 Å². The number of alkyl halides is 1. The van der Waals surface area contributed by atoms with Crippen molar-refractivity contribution in [2.75, 3.05) is 17.6 Å². The van der Waals surface area contributed by atoms with Crippen molar-refractivity contribution in [3.8, 4) is 0 Å². The molecule has 0 amide bonds. The maximum Gasteiger partial charge on any atom is 0.508 e. The number of rotatable bonds is 6. The molecule has 0 atom stereocenters. The minimum absolute atomic E-state index is 0.434. The molecule has 78 valence electrons. The summed E-state index contributed by atoms with van der Waals surface area (Å²) in [5, 5.41) is 0. The molecule has 0 aromatic rings. The van der Waals surface area contributed by atoms with E-state index in [2.05, 4.69) is 36.4 Å². The Morgan fingerprint density at radius 1 is 1.31 bits per heavy atom. The zero-order valence-corrected chi connectivity index (χ0v) is 10.4. The molecule has 0 unspecified atom stereocenters. The number of ether oxygens (including phenoxy) is 2. The van der Waals surface area contributed by atoms with Gasteiger partial charge in [0.1, 0.15) is 6.61 Å². The van der Waals surface area contributed by atoms with Crippen LogP contribution in [-0.4, -0.2) is 23.8 Å². The molecule has 0 aliphatic heterocycles. The van der Waals surface area contributed by atoms with Gasteiger partial charge in [0.05, 0.1) is 6.61 Å². The summed E-state index contributed by atoms with van der Waals surface area (Å²) in [6.45, 7) is 5.20. The van der Waals surface area contributed by atoms with Gasteiger partial charge in [-0.1, -0.05) is 36.4 Å². The molecule has 0 aliphatic carbocycles. The van der Waals surface area contributed by atoms with Crippen LogP contribution in [0, 0.1) is 5.92 Å². The van der Waals surface area contributed by atoms with Crippen molar-refractivity contribution in [3.05, 3.63) is 0 Å². The first-order chi connectivity index (χ1) is 6.16. The van der Waals surface area contributed by atoms with E-state index in [4.69, 9.17) is 9.47 Å². The van der Waals surface area contributed by atoms with Crippen LogP contribution in [0.25, 0.3) is 0 Å². The Hall–Kier alpha value is 0. The van der Waals surface area contributed by atoms with Crippen molar-refractivity contribution in [2.24, 2.45) is 5.92 Å². The van der Waals surface area contributed by atoms with Crippen LogP contribution in [0.2, 0.25) is 0 Å². The van der Waals surface area contributed by atoms with Gasteiger partial charge in [-0.05, 0) is 18.8 Å². The van der Waals surface area contributed by atoms with Gasteiger partial charge in [0, 0.05) is 4.43 Å².